The molecule has 1 aliphatic heterocycles. The van der Waals surface area contributed by atoms with E-state index in [1.54, 1.807) is 6.33 Å². The number of aromatic amines is 1. The number of aromatic nitrogens is 4. The van der Waals surface area contributed by atoms with Gasteiger partial charge in [0.2, 0.25) is 0 Å². The first-order valence-electron chi connectivity index (χ1n) is 9.74. The van der Waals surface area contributed by atoms with Gasteiger partial charge < -0.3 is 19.2 Å². The number of fused-ring (bicyclic) bond motifs is 2. The van der Waals surface area contributed by atoms with Gasteiger partial charge in [0.05, 0.1) is 11.4 Å². The van der Waals surface area contributed by atoms with Crippen LogP contribution in [0.3, 0.4) is 0 Å². The fourth-order valence-corrected chi connectivity index (χ4v) is 4.23. The van der Waals surface area contributed by atoms with Crippen molar-refractivity contribution < 1.29 is 4.42 Å². The minimum absolute atomic E-state index is 0.304. The molecule has 0 amide bonds. The van der Waals surface area contributed by atoms with Crippen molar-refractivity contribution in [1.82, 2.24) is 19.9 Å². The lowest BCUT2D eigenvalue weighted by Gasteiger charge is -2.41. The topological polar surface area (TPSA) is 74.1 Å². The lowest BCUT2D eigenvalue weighted by atomic mass is 9.92. The van der Waals surface area contributed by atoms with Crippen molar-refractivity contribution in [3.63, 3.8) is 0 Å². The van der Waals surface area contributed by atoms with E-state index in [-0.39, 0.29) is 0 Å². The molecular formula is C21H24N6O. The third-order valence-electron chi connectivity index (χ3n) is 5.96. The van der Waals surface area contributed by atoms with E-state index in [1.165, 1.54) is 0 Å². The number of nitrogens with one attached hydrogen (secondary N) is 1. The molecule has 1 fully saturated rings. The number of H-pyrrole nitrogens is 1. The fourth-order valence-electron chi connectivity index (χ4n) is 4.23. The maximum absolute atomic E-state index is 6.08. The minimum Gasteiger partial charge on any atom is -0.423 e. The van der Waals surface area contributed by atoms with Crippen molar-refractivity contribution in [3.8, 4) is 0 Å². The van der Waals surface area contributed by atoms with E-state index >= 15 is 0 Å². The molecule has 1 saturated heterocycles. The summed E-state index contributed by atoms with van der Waals surface area (Å²) in [7, 11) is 2.12. The Labute approximate surface area is 163 Å². The maximum Gasteiger partial charge on any atom is 0.298 e. The van der Waals surface area contributed by atoms with Gasteiger partial charge in [0, 0.05) is 26.3 Å². The highest BCUT2D eigenvalue weighted by Crippen LogP contribution is 2.32. The quantitative estimate of drug-likeness (QED) is 0.587. The molecule has 2 atom stereocenters. The maximum atomic E-state index is 6.08. The third kappa shape index (κ3) is 2.69. The van der Waals surface area contributed by atoms with Gasteiger partial charge in [-0.1, -0.05) is 19.1 Å². The summed E-state index contributed by atoms with van der Waals surface area (Å²) in [5.41, 5.74) is 3.81. The van der Waals surface area contributed by atoms with Crippen LogP contribution in [-0.2, 0) is 0 Å². The summed E-state index contributed by atoms with van der Waals surface area (Å²) >= 11 is 0. The number of benzene rings is 1. The zero-order valence-electron chi connectivity index (χ0n) is 16.4. The molecule has 28 heavy (non-hydrogen) atoms. The number of oxazole rings is 1. The van der Waals surface area contributed by atoms with Crippen LogP contribution in [0, 0.1) is 12.8 Å². The first-order chi connectivity index (χ1) is 13.6. The molecule has 4 aromatic rings. The zero-order valence-corrected chi connectivity index (χ0v) is 16.4. The lowest BCUT2D eigenvalue weighted by molar-refractivity contribution is 0.355. The average Bonchev–Trinajstić information content (AvgIpc) is 3.35. The third-order valence-corrected chi connectivity index (χ3v) is 5.96. The summed E-state index contributed by atoms with van der Waals surface area (Å²) in [4.78, 5) is 21.4. The standard InChI is InChI=1S/C21H24N6O/c1-13-8-10-27(21-25-18-14(2)5-4-6-17(18)28-21)11-16(13)26(3)20-15-7-9-22-19(15)23-12-24-20/h4-7,9,12-13,16H,8,10-11H2,1-3H3,(H,22,23,24). The second-order valence-electron chi connectivity index (χ2n) is 7.75. The van der Waals surface area contributed by atoms with Crippen LogP contribution in [0.25, 0.3) is 22.1 Å². The van der Waals surface area contributed by atoms with Crippen LogP contribution in [0.15, 0.2) is 41.2 Å². The fraction of sp³-hybridized carbons (Fsp3) is 0.381. The number of anilines is 2. The Kier molecular flexibility index (Phi) is 3.96. The molecule has 144 valence electrons. The Morgan fingerprint density at radius 3 is 3.00 bits per heavy atom. The van der Waals surface area contributed by atoms with Gasteiger partial charge in [-0.25, -0.2) is 9.97 Å². The van der Waals surface area contributed by atoms with Crippen molar-refractivity contribution in [2.45, 2.75) is 26.3 Å². The van der Waals surface area contributed by atoms with E-state index in [1.807, 2.05) is 24.4 Å². The van der Waals surface area contributed by atoms with Crippen molar-refractivity contribution in [2.75, 3.05) is 29.9 Å². The van der Waals surface area contributed by atoms with E-state index in [2.05, 4.69) is 51.7 Å². The summed E-state index contributed by atoms with van der Waals surface area (Å²) in [6, 6.07) is 9.12. The predicted molar refractivity (Wildman–Crippen MR) is 111 cm³/mol. The van der Waals surface area contributed by atoms with Crippen LogP contribution < -0.4 is 9.80 Å². The first-order valence-corrected chi connectivity index (χ1v) is 9.74. The number of rotatable bonds is 3. The molecule has 0 saturated carbocycles. The summed E-state index contributed by atoms with van der Waals surface area (Å²) in [5, 5.41) is 1.05. The van der Waals surface area contributed by atoms with E-state index in [0.717, 1.165) is 53.0 Å². The first kappa shape index (κ1) is 17.0. The molecular weight excluding hydrogens is 352 g/mol. The van der Waals surface area contributed by atoms with Gasteiger partial charge in [0.1, 0.15) is 23.3 Å². The smallest absolute Gasteiger partial charge is 0.298 e. The molecule has 1 aromatic carbocycles. The van der Waals surface area contributed by atoms with E-state index < -0.39 is 0 Å². The number of hydrogen-bond acceptors (Lipinski definition) is 6. The Morgan fingerprint density at radius 1 is 1.25 bits per heavy atom. The molecule has 0 spiro atoms. The largest absolute Gasteiger partial charge is 0.423 e. The minimum atomic E-state index is 0.304. The highest BCUT2D eigenvalue weighted by atomic mass is 16.4. The monoisotopic (exact) mass is 376 g/mol. The number of piperidine rings is 1. The summed E-state index contributed by atoms with van der Waals surface area (Å²) < 4.78 is 6.08. The normalized spacial score (nSPS) is 20.2. The van der Waals surface area contributed by atoms with Crippen LogP contribution in [0.4, 0.5) is 11.8 Å². The Morgan fingerprint density at radius 2 is 2.14 bits per heavy atom. The number of likely N-dealkylation sites (N-methyl/N-ethyl adjacent to an activating group) is 1. The molecule has 2 unspecified atom stereocenters. The molecule has 4 heterocycles. The highest BCUT2D eigenvalue weighted by Gasteiger charge is 2.32. The van der Waals surface area contributed by atoms with Gasteiger partial charge in [-0.3, -0.25) is 0 Å². The lowest BCUT2D eigenvalue weighted by Crippen LogP contribution is -2.51. The second kappa shape index (κ2) is 6.51. The Bertz CT molecular complexity index is 1130. The number of para-hydroxylation sites is 1. The summed E-state index contributed by atoms with van der Waals surface area (Å²) in [6.07, 6.45) is 4.61. The van der Waals surface area contributed by atoms with Gasteiger partial charge in [-0.05, 0) is 37.0 Å². The second-order valence-corrected chi connectivity index (χ2v) is 7.75. The van der Waals surface area contributed by atoms with Crippen LogP contribution in [0.5, 0.6) is 0 Å². The highest BCUT2D eigenvalue weighted by molar-refractivity contribution is 5.87. The van der Waals surface area contributed by atoms with Crippen molar-refractivity contribution in [1.29, 1.82) is 0 Å². The number of hydrogen-bond donors (Lipinski definition) is 1. The van der Waals surface area contributed by atoms with E-state index in [9.17, 15) is 0 Å². The molecule has 7 nitrogen and oxygen atoms in total. The molecule has 1 N–H and O–H groups in total. The van der Waals surface area contributed by atoms with Crippen LogP contribution >= 0.6 is 0 Å². The van der Waals surface area contributed by atoms with E-state index in [4.69, 9.17) is 9.40 Å². The zero-order chi connectivity index (χ0) is 19.3. The van der Waals surface area contributed by atoms with Gasteiger partial charge in [0.25, 0.3) is 6.01 Å². The van der Waals surface area contributed by atoms with Crippen molar-refractivity contribution >= 4 is 34.0 Å². The molecule has 0 aliphatic carbocycles. The molecule has 3 aromatic heterocycles. The summed E-state index contributed by atoms with van der Waals surface area (Å²) in [5.74, 6) is 1.50. The van der Waals surface area contributed by atoms with Crippen molar-refractivity contribution in [3.05, 3.63) is 42.4 Å². The molecule has 0 radical (unpaired) electrons. The van der Waals surface area contributed by atoms with Gasteiger partial charge >= 0.3 is 0 Å². The molecule has 0 bridgehead atoms. The Balaban J connectivity index is 1.46. The molecule has 5 rings (SSSR count). The predicted octanol–water partition coefficient (Wildman–Crippen LogP) is 3.76. The average molecular weight is 376 g/mol. The summed E-state index contributed by atoms with van der Waals surface area (Å²) in [6.45, 7) is 6.17. The molecule has 1 aliphatic rings. The molecule has 7 heteroatoms. The van der Waals surface area contributed by atoms with Gasteiger partial charge in [-0.15, -0.1) is 0 Å². The van der Waals surface area contributed by atoms with E-state index in [0.29, 0.717) is 18.0 Å². The van der Waals surface area contributed by atoms with Crippen LogP contribution in [0.2, 0.25) is 0 Å². The number of nitrogens with zero attached hydrogens (tertiary/aromatic N) is 5. The van der Waals surface area contributed by atoms with Gasteiger partial charge in [-0.2, -0.15) is 4.98 Å². The SMILES string of the molecule is Cc1cccc2oc(N3CCC(C)C(N(C)c4ncnc5[nH]ccc45)C3)nc12. The Hall–Kier alpha value is -3.09. The van der Waals surface area contributed by atoms with Gasteiger partial charge in [0.15, 0.2) is 5.58 Å². The number of aryl methyl sites for hydroxylation is 1. The van der Waals surface area contributed by atoms with Crippen LogP contribution in [0.1, 0.15) is 18.9 Å². The van der Waals surface area contributed by atoms with Crippen molar-refractivity contribution in [2.24, 2.45) is 5.92 Å². The van der Waals surface area contributed by atoms with Crippen LogP contribution in [-0.4, -0.2) is 46.1 Å².